The Morgan fingerprint density at radius 3 is 2.00 bits per heavy atom. The summed E-state index contributed by atoms with van der Waals surface area (Å²) in [6, 6.07) is 0. The molecule has 0 heterocycles. The van der Waals surface area contributed by atoms with Crippen LogP contribution in [0.25, 0.3) is 0 Å². The third-order valence-electron chi connectivity index (χ3n) is 0. The highest BCUT2D eigenvalue weighted by Crippen LogP contribution is 1.39. The molecule has 1 atom stereocenters. The Bertz CT molecular complexity index is 15.5. The van der Waals surface area contributed by atoms with E-state index >= 15 is 0 Å². The molecule has 5 heavy (non-hydrogen) atoms. The topological polar surface area (TPSA) is 0 Å². The molecule has 0 fully saturated rings. The van der Waals surface area contributed by atoms with Gasteiger partial charge in [0.1, 0.15) is 7.85 Å². The molecule has 0 aliphatic rings. The van der Waals surface area contributed by atoms with Crippen LogP contribution >= 0.6 is 0 Å². The predicted molar refractivity (Wildman–Crippen MR) is 23.1 cm³/mol. The molecule has 0 saturated carbocycles. The molecule has 0 amide bonds. The first-order valence-corrected chi connectivity index (χ1v) is 1.55. The predicted octanol–water partition coefficient (Wildman–Crippen LogP) is 1.11. The van der Waals surface area contributed by atoms with Crippen LogP contribution in [0, 0.1) is 0 Å². The largest absolute Gasteiger partial charge is 0.262 e. The molecule has 0 aliphatic heterocycles. The molecule has 2 heteroatoms. The van der Waals surface area contributed by atoms with Crippen molar-refractivity contribution in [2.24, 2.45) is 0 Å². The van der Waals surface area contributed by atoms with Crippen molar-refractivity contribution < 1.29 is 5.76 Å². The van der Waals surface area contributed by atoms with E-state index < -0.39 is 6.55 Å². The van der Waals surface area contributed by atoms with Crippen molar-refractivity contribution >= 4 is 7.85 Å². The molecule has 2 radical (unpaired) electrons. The summed E-state index contributed by atoms with van der Waals surface area (Å²) < 4.78 is 16.1. The fraction of sp³-hybridized carbons (Fsp3) is 1.00. The molecular weight excluding hydrogens is 65.8 g/mol. The summed E-state index contributed by atoms with van der Waals surface area (Å²) >= 11 is 0. The van der Waals surface area contributed by atoms with Crippen LogP contribution in [0.1, 0.15) is 15.2 Å². The Hall–Kier alpha value is -0.00506. The lowest BCUT2D eigenvalue weighted by Crippen LogP contribution is -1.56. The quantitative estimate of drug-likeness (QED) is 0.379. The van der Waals surface area contributed by atoms with Gasteiger partial charge in [0.15, 0.2) is 0 Å². The SMILES string of the molecule is CC.[3H]C([B])F. The van der Waals surface area contributed by atoms with Crippen LogP contribution in [0.2, 0.25) is 0 Å². The monoisotopic (exact) mass is 76.1 g/mol. The molecule has 1 unspecified atom stereocenters. The van der Waals surface area contributed by atoms with E-state index in [1.807, 2.05) is 13.8 Å². The first-order valence-electron chi connectivity index (χ1n) is 2.13. The maximum atomic E-state index is 10.4. The number of hydrogen-bond acceptors (Lipinski definition) is 0. The minimum atomic E-state index is -1.92. The fourth-order valence-electron chi connectivity index (χ4n) is 0. The fourth-order valence-corrected chi connectivity index (χ4v) is 0. The van der Waals surface area contributed by atoms with Gasteiger partial charge >= 0.3 is 0 Å². The Morgan fingerprint density at radius 1 is 2.00 bits per heavy atom. The van der Waals surface area contributed by atoms with E-state index in [0.29, 0.717) is 0 Å². The van der Waals surface area contributed by atoms with Gasteiger partial charge < -0.3 is 0 Å². The molecule has 0 saturated heterocycles. The van der Waals surface area contributed by atoms with Gasteiger partial charge in [-0.1, -0.05) is 13.8 Å². The van der Waals surface area contributed by atoms with Gasteiger partial charge in [-0.25, -0.2) is 0 Å². The van der Waals surface area contributed by atoms with E-state index in [9.17, 15) is 4.39 Å². The van der Waals surface area contributed by atoms with Crippen molar-refractivity contribution in [3.63, 3.8) is 0 Å². The van der Waals surface area contributed by atoms with Crippen molar-refractivity contribution in [2.45, 2.75) is 13.8 Å². The third-order valence-corrected chi connectivity index (χ3v) is 0. The smallest absolute Gasteiger partial charge is 0.111 e. The standard InChI is InChI=1S/C2H6.CH2BF/c1-2;2-1-3/h1-2H3;1H2/i;1T. The summed E-state index contributed by atoms with van der Waals surface area (Å²) in [6.45, 7) is 2.08. The van der Waals surface area contributed by atoms with E-state index in [1.54, 1.807) is 0 Å². The van der Waals surface area contributed by atoms with E-state index in [1.165, 1.54) is 0 Å². The summed E-state index contributed by atoms with van der Waals surface area (Å²) in [7, 11) is 4.11. The minimum absolute atomic E-state index is 1.92. The van der Waals surface area contributed by atoms with Crippen LogP contribution in [0.15, 0.2) is 0 Å². The van der Waals surface area contributed by atoms with Crippen molar-refractivity contribution in [1.82, 2.24) is 0 Å². The highest BCUT2D eigenvalue weighted by molar-refractivity contribution is 6.07. The van der Waals surface area contributed by atoms with Gasteiger partial charge in [0.2, 0.25) is 0 Å². The molecule has 0 aromatic rings. The van der Waals surface area contributed by atoms with Gasteiger partial charge in [0.05, 0.1) is 1.37 Å². The molecule has 0 spiro atoms. The lowest BCUT2D eigenvalue weighted by atomic mass is 10.2. The number of alkyl halides is 1. The zero-order valence-electron chi connectivity index (χ0n) is 4.53. The molecule has 0 rings (SSSR count). The minimum Gasteiger partial charge on any atom is -0.262 e. The van der Waals surface area contributed by atoms with Crippen molar-refractivity contribution in [3.05, 3.63) is 0 Å². The van der Waals surface area contributed by atoms with Crippen LogP contribution in [0.3, 0.4) is 0 Å². The van der Waals surface area contributed by atoms with E-state index in [0.717, 1.165) is 0 Å². The molecule has 0 aromatic carbocycles. The Kier molecular flexibility index (Phi) is 36.2. The second-order valence-corrected chi connectivity index (χ2v) is 0.126. The summed E-state index contributed by atoms with van der Waals surface area (Å²) in [6.07, 6.45) is 0. The van der Waals surface area contributed by atoms with E-state index in [4.69, 9.17) is 1.37 Å². The molecule has 0 N–H and O–H groups in total. The summed E-state index contributed by atoms with van der Waals surface area (Å²) in [4.78, 5) is 0. The zero-order chi connectivity index (χ0) is 5.58. The zero-order valence-corrected chi connectivity index (χ0v) is 3.53. The molecule has 30 valence electrons. The highest BCUT2D eigenvalue weighted by atomic mass is 19.1. The van der Waals surface area contributed by atoms with Crippen molar-refractivity contribution in [3.8, 4) is 0 Å². The van der Waals surface area contributed by atoms with E-state index in [2.05, 4.69) is 7.85 Å². The van der Waals surface area contributed by atoms with E-state index in [-0.39, 0.29) is 0 Å². The maximum absolute atomic E-state index is 10.4. The van der Waals surface area contributed by atoms with Gasteiger partial charge in [0, 0.05) is 6.55 Å². The van der Waals surface area contributed by atoms with Crippen LogP contribution < -0.4 is 0 Å². The summed E-state index contributed by atoms with van der Waals surface area (Å²) in [5, 5.41) is 0. The van der Waals surface area contributed by atoms with Crippen LogP contribution in [0.5, 0.6) is 0 Å². The Morgan fingerprint density at radius 2 is 2.00 bits per heavy atom. The van der Waals surface area contributed by atoms with Gasteiger partial charge in [-0.05, 0) is 0 Å². The number of hydrogen-bond donors (Lipinski definition) is 0. The molecule has 0 nitrogen and oxygen atoms in total. The summed E-state index contributed by atoms with van der Waals surface area (Å²) in [5.41, 5.74) is 0. The van der Waals surface area contributed by atoms with Crippen molar-refractivity contribution in [2.75, 3.05) is 6.55 Å². The van der Waals surface area contributed by atoms with Gasteiger partial charge in [-0.2, -0.15) is 0 Å². The average molecular weight is 75.9 g/mol. The second-order valence-electron chi connectivity index (χ2n) is 0.126. The maximum Gasteiger partial charge on any atom is 0.111 e. The second kappa shape index (κ2) is 36.2. The number of rotatable bonds is 0. The lowest BCUT2D eigenvalue weighted by molar-refractivity contribution is 0.598. The van der Waals surface area contributed by atoms with Crippen LogP contribution in [0.4, 0.5) is 4.39 Å². The van der Waals surface area contributed by atoms with Gasteiger partial charge in [-0.15, -0.1) is 0 Å². The molecule has 0 bridgehead atoms. The first kappa shape index (κ1) is 4.99. The third kappa shape index (κ3) is 620000. The Labute approximate surface area is 35.2 Å². The first-order chi connectivity index (χ1) is 2.73. The normalized spacial score (nSPS) is 13.8. The number of halogens is 1. The lowest BCUT2D eigenvalue weighted by Gasteiger charge is -1.44. The highest BCUT2D eigenvalue weighted by Gasteiger charge is 1.41. The van der Waals surface area contributed by atoms with Crippen molar-refractivity contribution in [1.29, 1.82) is 0 Å². The molecule has 0 aromatic heterocycles. The van der Waals surface area contributed by atoms with Crippen LogP contribution in [-0.2, 0) is 0 Å². The molecular formula is C3H8BF. The summed E-state index contributed by atoms with van der Waals surface area (Å²) in [5.74, 6) is 0. The van der Waals surface area contributed by atoms with Gasteiger partial charge in [0.25, 0.3) is 0 Å². The average Bonchev–Trinajstić information content (AvgIpc) is 1.41. The molecule has 0 aliphatic carbocycles. The van der Waals surface area contributed by atoms with Crippen LogP contribution in [-0.4, -0.2) is 14.4 Å². The van der Waals surface area contributed by atoms with Gasteiger partial charge in [-0.3, -0.25) is 4.39 Å². The Balaban J connectivity index is 0.